The number of amides is 2. The van der Waals surface area contributed by atoms with Crippen molar-refractivity contribution >= 4 is 22.6 Å². The van der Waals surface area contributed by atoms with Crippen molar-refractivity contribution in [2.24, 2.45) is 5.92 Å². The number of piperazine rings is 1. The summed E-state index contributed by atoms with van der Waals surface area (Å²) in [7, 11) is 1.60. The van der Waals surface area contributed by atoms with E-state index in [1.807, 2.05) is 36.4 Å². The zero-order valence-corrected chi connectivity index (χ0v) is 28.1. The van der Waals surface area contributed by atoms with E-state index in [9.17, 15) is 9.59 Å². The van der Waals surface area contributed by atoms with Gasteiger partial charge in [0.2, 0.25) is 5.91 Å². The Morgan fingerprint density at radius 1 is 0.915 bits per heavy atom. The average Bonchev–Trinajstić information content (AvgIpc) is 3.59. The van der Waals surface area contributed by atoms with Crippen molar-refractivity contribution in [3.05, 3.63) is 77.9 Å². The number of benzene rings is 3. The number of ether oxygens (including phenoxy) is 2. The Morgan fingerprint density at radius 3 is 2.36 bits per heavy atom. The maximum absolute atomic E-state index is 14.2. The van der Waals surface area contributed by atoms with Gasteiger partial charge in [-0.2, -0.15) is 0 Å². The van der Waals surface area contributed by atoms with E-state index in [4.69, 9.17) is 9.47 Å². The summed E-state index contributed by atoms with van der Waals surface area (Å²) >= 11 is 0. The van der Waals surface area contributed by atoms with Gasteiger partial charge in [0.05, 0.1) is 12.7 Å². The molecule has 1 aliphatic carbocycles. The number of methoxy groups -OCH3 is 1. The smallest absolute Gasteiger partial charge is 0.255 e. The third-order valence-electron chi connectivity index (χ3n) is 10.6. The van der Waals surface area contributed by atoms with Crippen LogP contribution in [-0.2, 0) is 16.0 Å². The Bertz CT molecular complexity index is 1460. The molecular weight excluding hydrogens is 588 g/mol. The monoisotopic (exact) mass is 640 g/mol. The molecule has 2 saturated heterocycles. The van der Waals surface area contributed by atoms with Crippen LogP contribution < -0.4 is 15.4 Å². The van der Waals surface area contributed by atoms with E-state index >= 15 is 0 Å². The van der Waals surface area contributed by atoms with Crippen LogP contribution in [0.5, 0.6) is 5.75 Å². The number of hydrogen-bond donors (Lipinski definition) is 2. The Balaban J connectivity index is 1.08. The number of carbonyl (C=O) groups excluding carboxylic acids is 2. The summed E-state index contributed by atoms with van der Waals surface area (Å²) in [6, 6.07) is 22.0. The second-order valence-corrected chi connectivity index (χ2v) is 13.8. The van der Waals surface area contributed by atoms with Gasteiger partial charge in [0, 0.05) is 57.4 Å². The zero-order chi connectivity index (χ0) is 32.5. The van der Waals surface area contributed by atoms with Crippen molar-refractivity contribution in [2.45, 2.75) is 69.4 Å². The molecule has 0 unspecified atom stereocenters. The summed E-state index contributed by atoms with van der Waals surface area (Å²) in [5.74, 6) is 0.992. The van der Waals surface area contributed by atoms with Gasteiger partial charge in [-0.15, -0.1) is 0 Å². The fourth-order valence-electron chi connectivity index (χ4n) is 7.81. The lowest BCUT2D eigenvalue weighted by molar-refractivity contribution is -0.128. The minimum absolute atomic E-state index is 0.00992. The highest BCUT2D eigenvalue weighted by Gasteiger charge is 2.43. The predicted molar refractivity (Wildman–Crippen MR) is 187 cm³/mol. The Hall–Kier alpha value is -3.46. The van der Waals surface area contributed by atoms with Gasteiger partial charge < -0.3 is 29.9 Å². The molecule has 3 aromatic rings. The van der Waals surface area contributed by atoms with Crippen molar-refractivity contribution in [3.63, 3.8) is 0 Å². The molecule has 2 aliphatic heterocycles. The molecule has 1 atom stereocenters. The maximum atomic E-state index is 14.2. The van der Waals surface area contributed by atoms with E-state index in [2.05, 4.69) is 44.7 Å². The predicted octanol–water partition coefficient (Wildman–Crippen LogP) is 5.44. The summed E-state index contributed by atoms with van der Waals surface area (Å²) in [5.41, 5.74) is 0.743. The first-order valence-electron chi connectivity index (χ1n) is 17.8. The molecule has 0 bridgehead atoms. The van der Waals surface area contributed by atoms with Crippen LogP contribution in [0, 0.1) is 5.92 Å². The van der Waals surface area contributed by atoms with Gasteiger partial charge in [-0.3, -0.25) is 9.59 Å². The Labute approximate surface area is 280 Å². The number of nitrogens with one attached hydrogen (secondary N) is 2. The largest absolute Gasteiger partial charge is 0.495 e. The van der Waals surface area contributed by atoms with E-state index in [0.717, 1.165) is 94.7 Å². The molecule has 1 saturated carbocycles. The SMILES string of the molecule is COc1c(C(=O)NC2(C(=O)N[C@H](CCCN3CCN(CC4CCOCC4)CC3)Cc3ccccc3)CCCC2)ccc2ccccc12. The normalized spacial score (nSPS) is 19.8. The molecule has 3 fully saturated rings. The molecule has 0 spiro atoms. The highest BCUT2D eigenvalue weighted by atomic mass is 16.5. The highest BCUT2D eigenvalue weighted by Crippen LogP contribution is 2.34. The fraction of sp³-hybridized carbons (Fsp3) is 0.538. The first-order chi connectivity index (χ1) is 23.0. The topological polar surface area (TPSA) is 83.1 Å². The molecule has 2 heterocycles. The molecular formula is C39H52N4O4. The van der Waals surface area contributed by atoms with E-state index in [0.29, 0.717) is 24.2 Å². The Morgan fingerprint density at radius 2 is 1.62 bits per heavy atom. The molecule has 47 heavy (non-hydrogen) atoms. The van der Waals surface area contributed by atoms with Gasteiger partial charge in [0.25, 0.3) is 5.91 Å². The van der Waals surface area contributed by atoms with Gasteiger partial charge in [-0.25, -0.2) is 0 Å². The number of nitrogens with zero attached hydrogens (tertiary/aromatic N) is 2. The summed E-state index contributed by atoms with van der Waals surface area (Å²) in [5, 5.41) is 8.53. The van der Waals surface area contributed by atoms with Gasteiger partial charge in [-0.05, 0) is 74.4 Å². The first-order valence-corrected chi connectivity index (χ1v) is 17.8. The molecule has 0 radical (unpaired) electrons. The number of hydrogen-bond acceptors (Lipinski definition) is 6. The van der Waals surface area contributed by atoms with Gasteiger partial charge in [-0.1, -0.05) is 73.5 Å². The lowest BCUT2D eigenvalue weighted by Gasteiger charge is -2.37. The lowest BCUT2D eigenvalue weighted by atomic mass is 9.93. The second kappa shape index (κ2) is 16.1. The molecule has 6 rings (SSSR count). The fourth-order valence-corrected chi connectivity index (χ4v) is 7.81. The zero-order valence-electron chi connectivity index (χ0n) is 28.1. The third-order valence-corrected chi connectivity index (χ3v) is 10.6. The Kier molecular flexibility index (Phi) is 11.4. The molecule has 8 nitrogen and oxygen atoms in total. The molecule has 252 valence electrons. The van der Waals surface area contributed by atoms with Gasteiger partial charge in [0.15, 0.2) is 0 Å². The van der Waals surface area contributed by atoms with Crippen LogP contribution in [-0.4, -0.2) is 92.8 Å². The number of carbonyl (C=O) groups is 2. The minimum Gasteiger partial charge on any atom is -0.495 e. The number of rotatable bonds is 13. The van der Waals surface area contributed by atoms with Crippen molar-refractivity contribution in [2.75, 3.05) is 59.6 Å². The van der Waals surface area contributed by atoms with Crippen molar-refractivity contribution in [1.82, 2.24) is 20.4 Å². The molecule has 3 aliphatic rings. The average molecular weight is 641 g/mol. The van der Waals surface area contributed by atoms with E-state index in [1.165, 1.54) is 24.9 Å². The first kappa shape index (κ1) is 33.4. The lowest BCUT2D eigenvalue weighted by Crippen LogP contribution is -2.59. The van der Waals surface area contributed by atoms with Crippen molar-refractivity contribution in [3.8, 4) is 5.75 Å². The van der Waals surface area contributed by atoms with Crippen LogP contribution in [0.3, 0.4) is 0 Å². The van der Waals surface area contributed by atoms with E-state index < -0.39 is 5.54 Å². The van der Waals surface area contributed by atoms with Gasteiger partial charge >= 0.3 is 0 Å². The third kappa shape index (κ3) is 8.53. The van der Waals surface area contributed by atoms with Crippen LogP contribution in [0.2, 0.25) is 0 Å². The quantitative estimate of drug-likeness (QED) is 0.259. The van der Waals surface area contributed by atoms with Crippen LogP contribution in [0.15, 0.2) is 66.7 Å². The number of fused-ring (bicyclic) bond motifs is 1. The summed E-state index contributed by atoms with van der Waals surface area (Å²) in [6.07, 6.45) is 8.16. The summed E-state index contributed by atoms with van der Waals surface area (Å²) in [6.45, 7) is 8.54. The standard InChI is InChI=1S/C39H52N4O4/c1-46-36-34-14-6-5-12-32(34)15-16-35(36)37(44)41-39(19-7-8-20-39)38(45)40-33(28-30-10-3-2-4-11-30)13-9-21-42-22-24-43(25-23-42)29-31-17-26-47-27-18-31/h2-6,10-12,14-16,31,33H,7-9,13,17-29H2,1H3,(H,40,45)(H,41,44)/t33-/m1/s1. The second-order valence-electron chi connectivity index (χ2n) is 13.8. The van der Waals surface area contributed by atoms with Crippen molar-refractivity contribution < 1.29 is 19.1 Å². The molecule has 2 amide bonds. The van der Waals surface area contributed by atoms with Crippen LogP contribution in [0.25, 0.3) is 10.8 Å². The van der Waals surface area contributed by atoms with E-state index in [-0.39, 0.29) is 17.9 Å². The minimum atomic E-state index is -0.927. The summed E-state index contributed by atoms with van der Waals surface area (Å²) in [4.78, 5) is 33.2. The molecule has 3 aromatic carbocycles. The van der Waals surface area contributed by atoms with E-state index in [1.54, 1.807) is 13.2 Å². The highest BCUT2D eigenvalue weighted by molar-refractivity contribution is 6.06. The van der Waals surface area contributed by atoms with Crippen LogP contribution in [0.1, 0.15) is 67.3 Å². The van der Waals surface area contributed by atoms with Crippen molar-refractivity contribution in [1.29, 1.82) is 0 Å². The maximum Gasteiger partial charge on any atom is 0.255 e. The molecule has 2 N–H and O–H groups in total. The van der Waals surface area contributed by atoms with Gasteiger partial charge in [0.1, 0.15) is 11.3 Å². The summed E-state index contributed by atoms with van der Waals surface area (Å²) < 4.78 is 11.3. The molecule has 8 heteroatoms. The van der Waals surface area contributed by atoms with Crippen LogP contribution in [0.4, 0.5) is 0 Å². The van der Waals surface area contributed by atoms with Crippen LogP contribution >= 0.6 is 0 Å². The molecule has 0 aromatic heterocycles.